The van der Waals surface area contributed by atoms with Gasteiger partial charge >= 0.3 is 5.97 Å². The second kappa shape index (κ2) is 9.83. The van der Waals surface area contributed by atoms with Crippen molar-refractivity contribution in [3.63, 3.8) is 0 Å². The van der Waals surface area contributed by atoms with E-state index in [4.69, 9.17) is 25.8 Å². The van der Waals surface area contributed by atoms with Gasteiger partial charge in [-0.05, 0) is 55.8 Å². The fraction of sp³-hybridized carbons (Fsp3) is 0.300. The Morgan fingerprint density at radius 3 is 2.44 bits per heavy atom. The van der Waals surface area contributed by atoms with Gasteiger partial charge in [-0.15, -0.1) is 0 Å². The molecule has 2 aromatic rings. The summed E-state index contributed by atoms with van der Waals surface area (Å²) >= 11 is 6.05. The molecule has 0 saturated heterocycles. The number of halogens is 1. The molecule has 7 heteroatoms. The van der Waals surface area contributed by atoms with E-state index in [0.717, 1.165) is 6.42 Å². The van der Waals surface area contributed by atoms with Crippen molar-refractivity contribution in [2.75, 3.05) is 19.0 Å². The monoisotopic (exact) mass is 391 g/mol. The Balaban J connectivity index is 1.96. The lowest BCUT2D eigenvalue weighted by Gasteiger charge is -2.14. The van der Waals surface area contributed by atoms with Gasteiger partial charge in [-0.2, -0.15) is 0 Å². The van der Waals surface area contributed by atoms with Crippen LogP contribution in [-0.4, -0.2) is 31.7 Å². The number of carbonyl (C=O) groups is 2. The number of hydrogen-bond acceptors (Lipinski definition) is 5. The van der Waals surface area contributed by atoms with Gasteiger partial charge in [0.1, 0.15) is 11.5 Å². The van der Waals surface area contributed by atoms with Gasteiger partial charge in [0.15, 0.2) is 6.10 Å². The van der Waals surface area contributed by atoms with E-state index < -0.39 is 12.1 Å². The second-order valence-electron chi connectivity index (χ2n) is 5.76. The molecule has 0 unspecified atom stereocenters. The normalized spacial score (nSPS) is 11.4. The Bertz CT molecular complexity index is 791. The first kappa shape index (κ1) is 20.6. The molecule has 0 spiro atoms. The maximum Gasteiger partial charge on any atom is 0.347 e. The van der Waals surface area contributed by atoms with E-state index in [2.05, 4.69) is 5.32 Å². The molecule has 0 fully saturated rings. The minimum atomic E-state index is -0.724. The standard InChI is InChI=1S/C20H22ClNO5/c1-4-11-26-20(24)13(2)27-16-8-5-14(6-9-16)19(23)22-15-7-10-18(25-3)17(21)12-15/h5-10,12-13H,4,11H2,1-3H3,(H,22,23)/t13-/m1/s1. The van der Waals surface area contributed by atoms with Crippen molar-refractivity contribution in [1.29, 1.82) is 0 Å². The molecule has 1 atom stereocenters. The van der Waals surface area contributed by atoms with Crippen LogP contribution in [0.3, 0.4) is 0 Å². The molecule has 0 aliphatic carbocycles. The Labute approximate surface area is 163 Å². The van der Waals surface area contributed by atoms with E-state index in [1.54, 1.807) is 49.4 Å². The third-order valence-corrected chi connectivity index (χ3v) is 3.91. The highest BCUT2D eigenvalue weighted by molar-refractivity contribution is 6.32. The van der Waals surface area contributed by atoms with Gasteiger partial charge in [0.2, 0.25) is 0 Å². The minimum absolute atomic E-state index is 0.293. The van der Waals surface area contributed by atoms with Gasteiger partial charge in [0.25, 0.3) is 5.91 Å². The summed E-state index contributed by atoms with van der Waals surface area (Å²) in [5.41, 5.74) is 0.994. The molecule has 0 saturated carbocycles. The molecule has 1 N–H and O–H groups in total. The number of benzene rings is 2. The molecule has 2 aromatic carbocycles. The fourth-order valence-electron chi connectivity index (χ4n) is 2.20. The van der Waals surface area contributed by atoms with Crippen LogP contribution in [0.4, 0.5) is 5.69 Å². The van der Waals surface area contributed by atoms with Gasteiger partial charge in [-0.25, -0.2) is 4.79 Å². The van der Waals surface area contributed by atoms with Gasteiger partial charge in [-0.3, -0.25) is 4.79 Å². The molecule has 0 radical (unpaired) electrons. The van der Waals surface area contributed by atoms with E-state index in [-0.39, 0.29) is 5.91 Å². The van der Waals surface area contributed by atoms with Gasteiger partial charge in [0, 0.05) is 11.3 Å². The molecular formula is C20H22ClNO5. The summed E-state index contributed by atoms with van der Waals surface area (Å²) in [5, 5.41) is 3.16. The quantitative estimate of drug-likeness (QED) is 0.678. The predicted molar refractivity (Wildman–Crippen MR) is 104 cm³/mol. The molecule has 0 aromatic heterocycles. The molecule has 2 rings (SSSR count). The van der Waals surface area contributed by atoms with E-state index in [0.29, 0.717) is 34.4 Å². The number of anilines is 1. The maximum absolute atomic E-state index is 12.3. The number of carbonyl (C=O) groups excluding carboxylic acids is 2. The topological polar surface area (TPSA) is 73.9 Å². The van der Waals surface area contributed by atoms with Crippen LogP contribution in [0.1, 0.15) is 30.6 Å². The summed E-state index contributed by atoms with van der Waals surface area (Å²) in [6.45, 7) is 3.90. The Hall–Kier alpha value is -2.73. The van der Waals surface area contributed by atoms with Crippen molar-refractivity contribution < 1.29 is 23.8 Å². The molecule has 0 aliphatic rings. The van der Waals surface area contributed by atoms with Crippen molar-refractivity contribution >= 4 is 29.2 Å². The zero-order chi connectivity index (χ0) is 19.8. The van der Waals surface area contributed by atoms with Crippen LogP contribution < -0.4 is 14.8 Å². The molecule has 6 nitrogen and oxygen atoms in total. The smallest absolute Gasteiger partial charge is 0.347 e. The SMILES string of the molecule is CCCOC(=O)[C@@H](C)Oc1ccc(C(=O)Nc2ccc(OC)c(Cl)c2)cc1. The van der Waals surface area contributed by atoms with Crippen molar-refractivity contribution in [3.05, 3.63) is 53.1 Å². The molecule has 0 bridgehead atoms. The number of amides is 1. The van der Waals surface area contributed by atoms with Crippen LogP contribution in [0.25, 0.3) is 0 Å². The summed E-state index contributed by atoms with van der Waals surface area (Å²) in [6, 6.07) is 11.5. The van der Waals surface area contributed by atoms with Gasteiger partial charge < -0.3 is 19.5 Å². The first-order valence-corrected chi connectivity index (χ1v) is 8.90. The lowest BCUT2D eigenvalue weighted by Crippen LogP contribution is -2.26. The van der Waals surface area contributed by atoms with Crippen LogP contribution in [0.2, 0.25) is 5.02 Å². The lowest BCUT2D eigenvalue weighted by molar-refractivity contribution is -0.151. The van der Waals surface area contributed by atoms with E-state index in [1.807, 2.05) is 6.92 Å². The molecular weight excluding hydrogens is 370 g/mol. The average molecular weight is 392 g/mol. The summed E-state index contributed by atoms with van der Waals surface area (Å²) in [7, 11) is 1.52. The van der Waals surface area contributed by atoms with E-state index >= 15 is 0 Å². The van der Waals surface area contributed by atoms with Crippen molar-refractivity contribution in [2.45, 2.75) is 26.4 Å². The second-order valence-corrected chi connectivity index (χ2v) is 6.16. The summed E-state index contributed by atoms with van der Waals surface area (Å²) in [6.07, 6.45) is 0.0273. The number of ether oxygens (including phenoxy) is 3. The third-order valence-electron chi connectivity index (χ3n) is 3.62. The van der Waals surface area contributed by atoms with E-state index in [1.165, 1.54) is 7.11 Å². The Kier molecular flexibility index (Phi) is 7.49. The third kappa shape index (κ3) is 5.89. The first-order chi connectivity index (χ1) is 12.9. The summed E-state index contributed by atoms with van der Waals surface area (Å²) < 4.78 is 15.6. The number of methoxy groups -OCH3 is 1. The zero-order valence-corrected chi connectivity index (χ0v) is 16.2. The molecule has 144 valence electrons. The van der Waals surface area contributed by atoms with E-state index in [9.17, 15) is 9.59 Å². The zero-order valence-electron chi connectivity index (χ0n) is 15.5. The maximum atomic E-state index is 12.3. The van der Waals surface area contributed by atoms with Crippen molar-refractivity contribution in [2.24, 2.45) is 0 Å². The highest BCUT2D eigenvalue weighted by Gasteiger charge is 2.16. The van der Waals surface area contributed by atoms with Gasteiger partial charge in [0.05, 0.1) is 18.7 Å². The minimum Gasteiger partial charge on any atom is -0.495 e. The van der Waals surface area contributed by atoms with Crippen molar-refractivity contribution in [1.82, 2.24) is 0 Å². The van der Waals surface area contributed by atoms with Crippen LogP contribution in [0, 0.1) is 0 Å². The largest absolute Gasteiger partial charge is 0.495 e. The van der Waals surface area contributed by atoms with Crippen molar-refractivity contribution in [3.8, 4) is 11.5 Å². The Morgan fingerprint density at radius 2 is 1.85 bits per heavy atom. The number of esters is 1. The highest BCUT2D eigenvalue weighted by atomic mass is 35.5. The molecule has 27 heavy (non-hydrogen) atoms. The molecule has 0 aliphatic heterocycles. The summed E-state index contributed by atoms with van der Waals surface area (Å²) in [4.78, 5) is 24.1. The van der Waals surface area contributed by atoms with Gasteiger partial charge in [-0.1, -0.05) is 18.5 Å². The average Bonchev–Trinajstić information content (AvgIpc) is 2.66. The molecule has 1 amide bonds. The van der Waals surface area contributed by atoms with Crippen LogP contribution >= 0.6 is 11.6 Å². The molecule has 0 heterocycles. The Morgan fingerprint density at radius 1 is 1.15 bits per heavy atom. The summed E-state index contributed by atoms with van der Waals surface area (Å²) in [5.74, 6) is 0.288. The highest BCUT2D eigenvalue weighted by Crippen LogP contribution is 2.27. The van der Waals surface area contributed by atoms with Crippen LogP contribution in [0.5, 0.6) is 11.5 Å². The number of rotatable bonds is 8. The predicted octanol–water partition coefficient (Wildman–Crippen LogP) is 4.32. The number of hydrogen-bond donors (Lipinski definition) is 1. The number of nitrogens with one attached hydrogen (secondary N) is 1. The fourth-order valence-corrected chi connectivity index (χ4v) is 2.46. The first-order valence-electron chi connectivity index (χ1n) is 8.52. The lowest BCUT2D eigenvalue weighted by atomic mass is 10.2. The van der Waals surface area contributed by atoms with Crippen LogP contribution in [0.15, 0.2) is 42.5 Å². The van der Waals surface area contributed by atoms with Crippen LogP contribution in [-0.2, 0) is 9.53 Å².